The molecule has 0 unspecified atom stereocenters. The number of aromatic nitrogens is 2. The van der Waals surface area contributed by atoms with E-state index in [2.05, 4.69) is 14.9 Å². The molecule has 1 aromatic heterocycles. The highest BCUT2D eigenvalue weighted by Gasteiger charge is 2.12. The number of H-pyrrole nitrogens is 1. The van der Waals surface area contributed by atoms with Crippen molar-refractivity contribution in [2.45, 2.75) is 12.8 Å². The van der Waals surface area contributed by atoms with E-state index >= 15 is 0 Å². The van der Waals surface area contributed by atoms with Gasteiger partial charge in [-0.25, -0.2) is 0 Å². The number of ether oxygens (including phenoxy) is 1. The van der Waals surface area contributed by atoms with E-state index in [9.17, 15) is 14.9 Å². The van der Waals surface area contributed by atoms with Gasteiger partial charge in [0, 0.05) is 29.6 Å². The second kappa shape index (κ2) is 4.82. The Morgan fingerprint density at radius 2 is 2.33 bits per heavy atom. The van der Waals surface area contributed by atoms with Crippen LogP contribution in [0.15, 0.2) is 18.2 Å². The van der Waals surface area contributed by atoms with Gasteiger partial charge >= 0.3 is 5.97 Å². The predicted octanol–water partition coefficient (Wildman–Crippen LogP) is 1.58. The lowest BCUT2D eigenvalue weighted by atomic mass is 10.1. The summed E-state index contributed by atoms with van der Waals surface area (Å²) in [6.07, 6.45) is 0.612. The first-order valence-electron chi connectivity index (χ1n) is 5.30. The van der Waals surface area contributed by atoms with Gasteiger partial charge in [0.05, 0.1) is 24.0 Å². The lowest BCUT2D eigenvalue weighted by Crippen LogP contribution is -2.02. The maximum Gasteiger partial charge on any atom is 0.305 e. The van der Waals surface area contributed by atoms with Crippen molar-refractivity contribution >= 4 is 22.6 Å². The van der Waals surface area contributed by atoms with Crippen molar-refractivity contribution in [3.05, 3.63) is 34.0 Å². The Hall–Kier alpha value is -2.44. The molecule has 2 rings (SSSR count). The minimum atomic E-state index is -0.462. The van der Waals surface area contributed by atoms with Crippen LogP contribution in [-0.4, -0.2) is 28.2 Å². The molecule has 0 amide bonds. The average molecular weight is 249 g/mol. The van der Waals surface area contributed by atoms with Gasteiger partial charge < -0.3 is 4.74 Å². The summed E-state index contributed by atoms with van der Waals surface area (Å²) in [4.78, 5) is 21.3. The van der Waals surface area contributed by atoms with Crippen LogP contribution in [0.5, 0.6) is 0 Å². The van der Waals surface area contributed by atoms with Gasteiger partial charge in [-0.05, 0) is 6.07 Å². The summed E-state index contributed by atoms with van der Waals surface area (Å²) in [6.45, 7) is 0. The molecule has 7 nitrogen and oxygen atoms in total. The summed E-state index contributed by atoms with van der Waals surface area (Å²) in [7, 11) is 1.32. The molecule has 0 fully saturated rings. The van der Waals surface area contributed by atoms with Crippen LogP contribution < -0.4 is 0 Å². The first-order chi connectivity index (χ1) is 8.61. The number of methoxy groups -OCH3 is 1. The minimum absolute atomic E-state index is 0.00298. The van der Waals surface area contributed by atoms with Crippen molar-refractivity contribution in [1.82, 2.24) is 10.2 Å². The Kier molecular flexibility index (Phi) is 3.22. The number of carbonyl (C=O) groups is 1. The van der Waals surface area contributed by atoms with Crippen LogP contribution in [0.4, 0.5) is 5.69 Å². The summed E-state index contributed by atoms with van der Waals surface area (Å²) in [5.41, 5.74) is 1.34. The van der Waals surface area contributed by atoms with Gasteiger partial charge in [-0.2, -0.15) is 5.10 Å². The van der Waals surface area contributed by atoms with E-state index in [0.717, 1.165) is 0 Å². The Balaban J connectivity index is 2.30. The van der Waals surface area contributed by atoms with Crippen LogP contribution in [0.1, 0.15) is 12.1 Å². The van der Waals surface area contributed by atoms with E-state index in [-0.39, 0.29) is 18.1 Å². The maximum atomic E-state index is 11.1. The van der Waals surface area contributed by atoms with Gasteiger partial charge in [0.2, 0.25) is 0 Å². The van der Waals surface area contributed by atoms with Crippen molar-refractivity contribution in [1.29, 1.82) is 0 Å². The summed E-state index contributed by atoms with van der Waals surface area (Å²) in [5, 5.41) is 18.2. The molecular weight excluding hydrogens is 238 g/mol. The Labute approximate surface area is 102 Å². The molecule has 7 heteroatoms. The number of nitrogens with one attached hydrogen (secondary N) is 1. The number of hydrogen-bond donors (Lipinski definition) is 1. The van der Waals surface area contributed by atoms with Gasteiger partial charge in [-0.3, -0.25) is 20.0 Å². The number of benzene rings is 1. The van der Waals surface area contributed by atoms with Crippen molar-refractivity contribution in [2.75, 3.05) is 7.11 Å². The van der Waals surface area contributed by atoms with E-state index in [0.29, 0.717) is 23.0 Å². The summed E-state index contributed by atoms with van der Waals surface area (Å²) in [5.74, 6) is -0.330. The zero-order valence-corrected chi connectivity index (χ0v) is 9.67. The number of rotatable bonds is 4. The molecule has 0 aliphatic rings. The monoisotopic (exact) mass is 249 g/mol. The second-order valence-electron chi connectivity index (χ2n) is 3.74. The number of hydrogen-bond acceptors (Lipinski definition) is 5. The van der Waals surface area contributed by atoms with Gasteiger partial charge in [-0.1, -0.05) is 0 Å². The third-order valence-electron chi connectivity index (χ3n) is 2.63. The Morgan fingerprint density at radius 1 is 1.56 bits per heavy atom. The van der Waals surface area contributed by atoms with E-state index in [1.54, 1.807) is 6.07 Å². The first-order valence-corrected chi connectivity index (χ1v) is 5.30. The first kappa shape index (κ1) is 12.0. The number of aromatic amines is 1. The SMILES string of the molecule is COC(=O)CCc1[nH]nc2ccc([N+](=O)[O-])cc12. The molecule has 0 aliphatic carbocycles. The van der Waals surface area contributed by atoms with Crippen LogP contribution in [0.25, 0.3) is 10.9 Å². The summed E-state index contributed by atoms with van der Waals surface area (Å²) in [6, 6.07) is 4.42. The highest BCUT2D eigenvalue weighted by Crippen LogP contribution is 2.22. The molecule has 1 N–H and O–H groups in total. The van der Waals surface area contributed by atoms with Gasteiger partial charge in [0.15, 0.2) is 0 Å². The van der Waals surface area contributed by atoms with E-state index in [4.69, 9.17) is 0 Å². The minimum Gasteiger partial charge on any atom is -0.469 e. The Bertz CT molecular complexity index is 605. The fourth-order valence-electron chi connectivity index (χ4n) is 1.68. The topological polar surface area (TPSA) is 98.1 Å². The number of non-ortho nitro benzene ring substituents is 1. The average Bonchev–Trinajstić information content (AvgIpc) is 2.78. The van der Waals surface area contributed by atoms with E-state index in [1.807, 2.05) is 0 Å². The molecule has 0 bridgehead atoms. The number of nitro groups is 1. The van der Waals surface area contributed by atoms with Crippen LogP contribution in [0.3, 0.4) is 0 Å². The third-order valence-corrected chi connectivity index (χ3v) is 2.63. The number of fused-ring (bicyclic) bond motifs is 1. The highest BCUT2D eigenvalue weighted by molar-refractivity contribution is 5.84. The molecule has 94 valence electrons. The van der Waals surface area contributed by atoms with Crippen LogP contribution in [0, 0.1) is 10.1 Å². The molecule has 0 saturated carbocycles. The normalized spacial score (nSPS) is 10.5. The predicted molar refractivity (Wildman–Crippen MR) is 63.1 cm³/mol. The second-order valence-corrected chi connectivity index (χ2v) is 3.74. The number of esters is 1. The Morgan fingerprint density at radius 3 is 3.00 bits per heavy atom. The van der Waals surface area contributed by atoms with Crippen molar-refractivity contribution in [3.8, 4) is 0 Å². The molecule has 2 aromatic rings. The van der Waals surface area contributed by atoms with E-state index < -0.39 is 4.92 Å². The van der Waals surface area contributed by atoms with Crippen LogP contribution >= 0.6 is 0 Å². The lowest BCUT2D eigenvalue weighted by Gasteiger charge is -1.98. The van der Waals surface area contributed by atoms with Crippen molar-refractivity contribution < 1.29 is 14.5 Å². The fraction of sp³-hybridized carbons (Fsp3) is 0.273. The largest absolute Gasteiger partial charge is 0.469 e. The molecular formula is C11H11N3O4. The number of aryl methyl sites for hydroxylation is 1. The number of nitrogens with zero attached hydrogens (tertiary/aromatic N) is 2. The molecule has 0 saturated heterocycles. The van der Waals surface area contributed by atoms with Crippen LogP contribution in [0.2, 0.25) is 0 Å². The highest BCUT2D eigenvalue weighted by atomic mass is 16.6. The van der Waals surface area contributed by atoms with Gasteiger partial charge in [-0.15, -0.1) is 0 Å². The van der Waals surface area contributed by atoms with Crippen molar-refractivity contribution in [2.24, 2.45) is 0 Å². The molecule has 1 heterocycles. The molecule has 0 spiro atoms. The number of nitro benzene ring substituents is 1. The van der Waals surface area contributed by atoms with Crippen LogP contribution in [-0.2, 0) is 16.0 Å². The molecule has 0 atom stereocenters. The third kappa shape index (κ3) is 2.29. The summed E-state index contributed by atoms with van der Waals surface area (Å²) >= 11 is 0. The van der Waals surface area contributed by atoms with Gasteiger partial charge in [0.1, 0.15) is 0 Å². The van der Waals surface area contributed by atoms with Crippen molar-refractivity contribution in [3.63, 3.8) is 0 Å². The zero-order valence-electron chi connectivity index (χ0n) is 9.67. The molecule has 0 radical (unpaired) electrons. The zero-order chi connectivity index (χ0) is 13.1. The lowest BCUT2D eigenvalue weighted by molar-refractivity contribution is -0.384. The molecule has 1 aromatic carbocycles. The maximum absolute atomic E-state index is 11.1. The molecule has 18 heavy (non-hydrogen) atoms. The summed E-state index contributed by atoms with van der Waals surface area (Å²) < 4.78 is 4.54. The fourth-order valence-corrected chi connectivity index (χ4v) is 1.68. The van der Waals surface area contributed by atoms with E-state index in [1.165, 1.54) is 19.2 Å². The standard InChI is InChI=1S/C11H11N3O4/c1-18-11(15)5-4-10-8-6-7(14(16)17)2-3-9(8)12-13-10/h2-3,6H,4-5H2,1H3,(H,12,13). The smallest absolute Gasteiger partial charge is 0.305 e. The molecule has 0 aliphatic heterocycles. The van der Waals surface area contributed by atoms with Gasteiger partial charge in [0.25, 0.3) is 5.69 Å². The number of carbonyl (C=O) groups excluding carboxylic acids is 1. The quantitative estimate of drug-likeness (QED) is 0.504.